The average Bonchev–Trinajstić information content (AvgIpc) is 2.67. The molecule has 0 heterocycles. The normalized spacial score (nSPS) is 11.2. The molecule has 0 saturated carbocycles. The fourth-order valence-electron chi connectivity index (χ4n) is 2.66. The molecule has 0 spiro atoms. The van der Waals surface area contributed by atoms with Crippen LogP contribution in [0, 0.1) is 0 Å². The van der Waals surface area contributed by atoms with Gasteiger partial charge in [-0.1, -0.05) is 11.6 Å². The van der Waals surface area contributed by atoms with E-state index >= 15 is 0 Å². The zero-order chi connectivity index (χ0) is 23.2. The van der Waals surface area contributed by atoms with Crippen LogP contribution >= 0.6 is 11.6 Å². The number of sulfonamides is 1. The molecule has 0 fully saturated rings. The third-order valence-corrected chi connectivity index (χ3v) is 5.40. The Balaban J connectivity index is 2.19. The molecule has 0 saturated heterocycles. The summed E-state index contributed by atoms with van der Waals surface area (Å²) in [7, 11) is -3.74. The number of rotatable bonds is 9. The van der Waals surface area contributed by atoms with E-state index < -0.39 is 28.4 Å². The summed E-state index contributed by atoms with van der Waals surface area (Å²) in [4.78, 5) is 24.5. The number of amides is 1. The molecule has 1 amide bonds. The molecule has 1 N–H and O–H groups in total. The van der Waals surface area contributed by atoms with Gasteiger partial charge in [0.05, 0.1) is 35.2 Å². The summed E-state index contributed by atoms with van der Waals surface area (Å²) >= 11 is 6.02. The topological polar surface area (TPSA) is 102 Å². The molecule has 2 rings (SSSR count). The molecule has 0 aliphatic carbocycles. The zero-order valence-corrected chi connectivity index (χ0v) is 19.3. The van der Waals surface area contributed by atoms with Crippen molar-refractivity contribution in [2.45, 2.75) is 26.9 Å². The van der Waals surface area contributed by atoms with Crippen LogP contribution in [-0.4, -0.2) is 45.8 Å². The van der Waals surface area contributed by atoms with Crippen LogP contribution in [0.15, 0.2) is 42.5 Å². The molecule has 2 aromatic rings. The van der Waals surface area contributed by atoms with Crippen molar-refractivity contribution in [3.8, 4) is 5.75 Å². The van der Waals surface area contributed by atoms with Gasteiger partial charge in [0.25, 0.3) is 0 Å². The fraction of sp³-hybridized carbons (Fsp3) is 0.333. The van der Waals surface area contributed by atoms with Crippen LogP contribution in [0.3, 0.4) is 0 Å². The molecule has 0 unspecified atom stereocenters. The van der Waals surface area contributed by atoms with Crippen LogP contribution in [-0.2, 0) is 19.6 Å². The van der Waals surface area contributed by atoms with Gasteiger partial charge in [0, 0.05) is 5.69 Å². The minimum absolute atomic E-state index is 0.0264. The minimum Gasteiger partial charge on any atom is -0.491 e. The zero-order valence-electron chi connectivity index (χ0n) is 17.7. The maximum atomic E-state index is 12.6. The van der Waals surface area contributed by atoms with E-state index in [1.807, 2.05) is 13.8 Å². The molecule has 2 aromatic carbocycles. The molecule has 0 aromatic heterocycles. The first-order chi connectivity index (χ1) is 14.5. The van der Waals surface area contributed by atoms with Crippen molar-refractivity contribution in [2.75, 3.05) is 29.0 Å². The fourth-order valence-corrected chi connectivity index (χ4v) is 3.71. The van der Waals surface area contributed by atoms with Gasteiger partial charge in [0.1, 0.15) is 12.3 Å². The van der Waals surface area contributed by atoms with Gasteiger partial charge in [-0.05, 0) is 63.2 Å². The number of nitrogens with one attached hydrogen (secondary N) is 1. The van der Waals surface area contributed by atoms with Gasteiger partial charge < -0.3 is 14.8 Å². The van der Waals surface area contributed by atoms with Crippen molar-refractivity contribution in [3.05, 3.63) is 53.1 Å². The summed E-state index contributed by atoms with van der Waals surface area (Å²) in [5.74, 6) is -0.626. The van der Waals surface area contributed by atoms with Gasteiger partial charge >= 0.3 is 5.97 Å². The minimum atomic E-state index is -3.74. The average molecular weight is 469 g/mol. The number of nitrogens with zero attached hydrogens (tertiary/aromatic N) is 1. The Bertz CT molecular complexity index is 1040. The first-order valence-corrected chi connectivity index (χ1v) is 11.7. The predicted octanol–water partition coefficient (Wildman–Crippen LogP) is 3.71. The van der Waals surface area contributed by atoms with E-state index in [-0.39, 0.29) is 29.0 Å². The lowest BCUT2D eigenvalue weighted by molar-refractivity contribution is -0.114. The lowest BCUT2D eigenvalue weighted by Crippen LogP contribution is -2.37. The van der Waals surface area contributed by atoms with E-state index in [0.717, 1.165) is 10.6 Å². The first kappa shape index (κ1) is 24.5. The van der Waals surface area contributed by atoms with Crippen molar-refractivity contribution >= 4 is 44.9 Å². The molecule has 0 bridgehead atoms. The van der Waals surface area contributed by atoms with Gasteiger partial charge in [0.15, 0.2) is 0 Å². The van der Waals surface area contributed by atoms with Crippen molar-refractivity contribution in [1.29, 1.82) is 0 Å². The summed E-state index contributed by atoms with van der Waals surface area (Å²) < 4.78 is 36.0. The van der Waals surface area contributed by atoms with E-state index in [1.54, 1.807) is 31.2 Å². The highest BCUT2D eigenvalue weighted by molar-refractivity contribution is 7.92. The quantitative estimate of drug-likeness (QED) is 0.563. The van der Waals surface area contributed by atoms with Crippen molar-refractivity contribution < 1.29 is 27.5 Å². The maximum absolute atomic E-state index is 12.6. The second-order valence-corrected chi connectivity index (χ2v) is 9.21. The number of halogens is 1. The van der Waals surface area contributed by atoms with E-state index in [4.69, 9.17) is 21.1 Å². The number of hydrogen-bond acceptors (Lipinski definition) is 6. The highest BCUT2D eigenvalue weighted by Crippen LogP contribution is 2.24. The number of carbonyl (C=O) groups excluding carboxylic acids is 2. The summed E-state index contributed by atoms with van der Waals surface area (Å²) in [6.45, 7) is 5.14. The number of anilines is 2. The molecule has 0 atom stereocenters. The highest BCUT2D eigenvalue weighted by Gasteiger charge is 2.21. The lowest BCUT2D eigenvalue weighted by Gasteiger charge is -2.22. The third-order valence-electron chi connectivity index (χ3n) is 3.93. The van der Waals surface area contributed by atoms with Crippen LogP contribution in [0.5, 0.6) is 5.75 Å². The predicted molar refractivity (Wildman–Crippen MR) is 120 cm³/mol. The number of esters is 1. The van der Waals surface area contributed by atoms with E-state index in [9.17, 15) is 18.0 Å². The Morgan fingerprint density at radius 1 is 1.13 bits per heavy atom. The molecule has 0 aliphatic heterocycles. The lowest BCUT2D eigenvalue weighted by atomic mass is 10.2. The van der Waals surface area contributed by atoms with Crippen LogP contribution in [0.2, 0.25) is 5.02 Å². The Labute approximate surface area is 187 Å². The SMILES string of the molecule is CCOC(=O)c1cc(NC(=O)CN(c2ccc(OC(C)C)cc2)S(C)(=O)=O)ccc1Cl. The second kappa shape index (κ2) is 10.5. The molecule has 168 valence electrons. The summed E-state index contributed by atoms with van der Waals surface area (Å²) in [5.41, 5.74) is 0.700. The summed E-state index contributed by atoms with van der Waals surface area (Å²) in [6, 6.07) is 10.7. The molecular formula is C21H25ClN2O6S. The van der Waals surface area contributed by atoms with Gasteiger partial charge in [-0.25, -0.2) is 13.2 Å². The number of hydrogen-bond donors (Lipinski definition) is 1. The standard InChI is InChI=1S/C21H25ClN2O6S/c1-5-29-21(26)18-12-15(6-11-19(18)22)23-20(25)13-24(31(4,27)28)16-7-9-17(10-8-16)30-14(2)3/h6-12,14H,5,13H2,1-4H3,(H,23,25). The van der Waals surface area contributed by atoms with Gasteiger partial charge in [-0.2, -0.15) is 0 Å². The molecule has 0 aliphatic rings. The Morgan fingerprint density at radius 3 is 2.32 bits per heavy atom. The van der Waals surface area contributed by atoms with E-state index in [1.165, 1.54) is 18.2 Å². The van der Waals surface area contributed by atoms with Crippen LogP contribution < -0.4 is 14.4 Å². The van der Waals surface area contributed by atoms with Gasteiger partial charge in [-0.15, -0.1) is 0 Å². The molecule has 31 heavy (non-hydrogen) atoms. The van der Waals surface area contributed by atoms with Crippen LogP contribution in [0.4, 0.5) is 11.4 Å². The maximum Gasteiger partial charge on any atom is 0.339 e. The Kier molecular flexibility index (Phi) is 8.29. The number of benzene rings is 2. The molecule has 8 nitrogen and oxygen atoms in total. The smallest absolute Gasteiger partial charge is 0.339 e. The number of ether oxygens (including phenoxy) is 2. The summed E-state index contributed by atoms with van der Waals surface area (Å²) in [5, 5.41) is 2.76. The van der Waals surface area contributed by atoms with E-state index in [2.05, 4.69) is 5.32 Å². The van der Waals surface area contributed by atoms with Crippen molar-refractivity contribution in [1.82, 2.24) is 0 Å². The monoisotopic (exact) mass is 468 g/mol. The Morgan fingerprint density at radius 2 is 1.77 bits per heavy atom. The van der Waals surface area contributed by atoms with Crippen molar-refractivity contribution in [3.63, 3.8) is 0 Å². The number of carbonyl (C=O) groups is 2. The molecule has 10 heteroatoms. The highest BCUT2D eigenvalue weighted by atomic mass is 35.5. The van der Waals surface area contributed by atoms with Gasteiger partial charge in [0.2, 0.25) is 15.9 Å². The molecular weight excluding hydrogens is 444 g/mol. The summed E-state index contributed by atoms with van der Waals surface area (Å²) in [6.07, 6.45) is 0.987. The van der Waals surface area contributed by atoms with E-state index in [0.29, 0.717) is 11.4 Å². The molecule has 0 radical (unpaired) electrons. The van der Waals surface area contributed by atoms with Crippen molar-refractivity contribution in [2.24, 2.45) is 0 Å². The Hall–Kier alpha value is -2.78. The largest absolute Gasteiger partial charge is 0.491 e. The third kappa shape index (κ3) is 7.15. The first-order valence-electron chi connectivity index (χ1n) is 9.52. The van der Waals surface area contributed by atoms with Crippen LogP contribution in [0.1, 0.15) is 31.1 Å². The van der Waals surface area contributed by atoms with Crippen LogP contribution in [0.25, 0.3) is 0 Å². The van der Waals surface area contributed by atoms with Gasteiger partial charge in [-0.3, -0.25) is 9.10 Å². The second-order valence-electron chi connectivity index (χ2n) is 6.89.